The van der Waals surface area contributed by atoms with Crippen LogP contribution >= 0.6 is 0 Å². The Morgan fingerprint density at radius 2 is 1.78 bits per heavy atom. The van der Waals surface area contributed by atoms with Crippen LogP contribution in [-0.2, 0) is 16.1 Å². The summed E-state index contributed by atoms with van der Waals surface area (Å²) in [5.74, 6) is -0.442. The minimum atomic E-state index is -0.236. The van der Waals surface area contributed by atoms with E-state index in [1.54, 1.807) is 0 Å². The molecule has 2 N–H and O–H groups in total. The predicted octanol–water partition coefficient (Wildman–Crippen LogP) is 3.01. The van der Waals surface area contributed by atoms with E-state index in [1.165, 1.54) is 24.0 Å². The van der Waals surface area contributed by atoms with Gasteiger partial charge in [-0.3, -0.25) is 9.59 Å². The molecule has 23 heavy (non-hydrogen) atoms. The molecule has 1 aromatic rings. The van der Waals surface area contributed by atoms with E-state index in [9.17, 15) is 9.59 Å². The first-order valence-corrected chi connectivity index (χ1v) is 8.40. The van der Waals surface area contributed by atoms with E-state index in [2.05, 4.69) is 16.7 Å². The van der Waals surface area contributed by atoms with E-state index in [0.29, 0.717) is 13.1 Å². The van der Waals surface area contributed by atoms with E-state index in [4.69, 9.17) is 0 Å². The van der Waals surface area contributed by atoms with Crippen LogP contribution in [0.5, 0.6) is 0 Å². The van der Waals surface area contributed by atoms with Gasteiger partial charge in [-0.25, -0.2) is 0 Å². The van der Waals surface area contributed by atoms with Gasteiger partial charge in [0.25, 0.3) is 0 Å². The maximum absolute atomic E-state index is 11.8. The van der Waals surface area contributed by atoms with Crippen molar-refractivity contribution in [3.05, 3.63) is 47.0 Å². The van der Waals surface area contributed by atoms with Crippen molar-refractivity contribution in [2.45, 2.75) is 52.0 Å². The van der Waals surface area contributed by atoms with Crippen LogP contribution in [0.15, 0.2) is 35.9 Å². The quantitative estimate of drug-likeness (QED) is 0.600. The fourth-order valence-electron chi connectivity index (χ4n) is 2.67. The topological polar surface area (TPSA) is 58.2 Å². The molecule has 0 unspecified atom stereocenters. The van der Waals surface area contributed by atoms with E-state index < -0.39 is 0 Å². The fraction of sp³-hybridized carbons (Fsp3) is 0.474. The van der Waals surface area contributed by atoms with Gasteiger partial charge in [-0.15, -0.1) is 0 Å². The Morgan fingerprint density at radius 1 is 1.04 bits per heavy atom. The lowest BCUT2D eigenvalue weighted by Crippen LogP contribution is -2.32. The molecule has 0 saturated heterocycles. The summed E-state index contributed by atoms with van der Waals surface area (Å²) in [6, 6.07) is 7.98. The third-order valence-corrected chi connectivity index (χ3v) is 4.08. The molecule has 4 heteroatoms. The molecule has 0 aromatic heterocycles. The lowest BCUT2D eigenvalue weighted by Gasteiger charge is -2.13. The van der Waals surface area contributed by atoms with Crippen molar-refractivity contribution >= 4 is 11.8 Å². The standard InChI is InChI=1S/C19H26N2O2/c1-15-7-9-17(10-8-15)14-21-19(23)13-18(22)20-12-11-16-5-3-2-4-6-16/h5,7-10H,2-4,6,11-14H2,1H3,(H,20,22)(H,21,23). The number of allylic oxidation sites excluding steroid dienone is 1. The van der Waals surface area contributed by atoms with E-state index in [1.807, 2.05) is 31.2 Å². The highest BCUT2D eigenvalue weighted by Gasteiger charge is 2.09. The smallest absolute Gasteiger partial charge is 0.229 e. The Kier molecular flexibility index (Phi) is 6.85. The van der Waals surface area contributed by atoms with Crippen LogP contribution in [0.3, 0.4) is 0 Å². The second-order valence-corrected chi connectivity index (χ2v) is 6.15. The molecule has 0 aliphatic heterocycles. The maximum Gasteiger partial charge on any atom is 0.229 e. The number of hydrogen-bond acceptors (Lipinski definition) is 2. The Bertz CT molecular complexity index is 561. The Balaban J connectivity index is 1.61. The Hall–Kier alpha value is -2.10. The van der Waals surface area contributed by atoms with Crippen LogP contribution in [0.1, 0.15) is 49.7 Å². The maximum atomic E-state index is 11.8. The van der Waals surface area contributed by atoms with E-state index in [-0.39, 0.29) is 18.2 Å². The summed E-state index contributed by atoms with van der Waals surface area (Å²) >= 11 is 0. The molecule has 0 saturated carbocycles. The average molecular weight is 314 g/mol. The first kappa shape index (κ1) is 17.3. The monoisotopic (exact) mass is 314 g/mol. The van der Waals surface area contributed by atoms with Crippen molar-refractivity contribution in [1.82, 2.24) is 10.6 Å². The Morgan fingerprint density at radius 3 is 2.48 bits per heavy atom. The first-order valence-electron chi connectivity index (χ1n) is 8.40. The number of rotatable bonds is 7. The highest BCUT2D eigenvalue weighted by Crippen LogP contribution is 2.19. The van der Waals surface area contributed by atoms with E-state index in [0.717, 1.165) is 24.8 Å². The third kappa shape index (κ3) is 6.68. The molecule has 0 bridgehead atoms. The minimum absolute atomic E-state index is 0.106. The third-order valence-electron chi connectivity index (χ3n) is 4.08. The van der Waals surface area contributed by atoms with Crippen molar-refractivity contribution in [3.8, 4) is 0 Å². The molecule has 4 nitrogen and oxygen atoms in total. The van der Waals surface area contributed by atoms with Crippen LogP contribution in [-0.4, -0.2) is 18.4 Å². The molecule has 2 rings (SSSR count). The SMILES string of the molecule is Cc1ccc(CNC(=O)CC(=O)NCCC2=CCCCC2)cc1. The summed E-state index contributed by atoms with van der Waals surface area (Å²) in [4.78, 5) is 23.5. The van der Waals surface area contributed by atoms with Crippen molar-refractivity contribution in [2.75, 3.05) is 6.54 Å². The van der Waals surface area contributed by atoms with Crippen molar-refractivity contribution < 1.29 is 9.59 Å². The predicted molar refractivity (Wildman–Crippen MR) is 91.8 cm³/mol. The second kappa shape index (κ2) is 9.13. The van der Waals surface area contributed by atoms with Crippen molar-refractivity contribution in [2.24, 2.45) is 0 Å². The van der Waals surface area contributed by atoms with Crippen LogP contribution in [0.25, 0.3) is 0 Å². The van der Waals surface area contributed by atoms with Gasteiger partial charge in [0.2, 0.25) is 11.8 Å². The lowest BCUT2D eigenvalue weighted by molar-refractivity contribution is -0.129. The van der Waals surface area contributed by atoms with Gasteiger partial charge in [0.05, 0.1) is 0 Å². The van der Waals surface area contributed by atoms with Gasteiger partial charge in [0.1, 0.15) is 6.42 Å². The largest absolute Gasteiger partial charge is 0.355 e. The molecule has 0 fully saturated rings. The van der Waals surface area contributed by atoms with Gasteiger partial charge in [-0.1, -0.05) is 41.5 Å². The summed E-state index contributed by atoms with van der Waals surface area (Å²) in [5.41, 5.74) is 3.65. The molecule has 2 amide bonds. The highest BCUT2D eigenvalue weighted by atomic mass is 16.2. The molecule has 0 spiro atoms. The molecular weight excluding hydrogens is 288 g/mol. The lowest BCUT2D eigenvalue weighted by atomic mass is 9.97. The molecule has 124 valence electrons. The van der Waals surface area contributed by atoms with Gasteiger partial charge >= 0.3 is 0 Å². The zero-order valence-electron chi connectivity index (χ0n) is 13.9. The zero-order chi connectivity index (χ0) is 16.5. The number of nitrogens with one attached hydrogen (secondary N) is 2. The molecule has 0 heterocycles. The summed E-state index contributed by atoms with van der Waals surface area (Å²) in [6.07, 6.45) is 7.90. The zero-order valence-corrected chi connectivity index (χ0v) is 13.9. The summed E-state index contributed by atoms with van der Waals surface area (Å²) < 4.78 is 0. The summed E-state index contributed by atoms with van der Waals surface area (Å²) in [5, 5.41) is 5.60. The van der Waals surface area contributed by atoms with Crippen molar-refractivity contribution in [1.29, 1.82) is 0 Å². The fourth-order valence-corrected chi connectivity index (χ4v) is 2.67. The minimum Gasteiger partial charge on any atom is -0.355 e. The first-order chi connectivity index (χ1) is 11.1. The van der Waals surface area contributed by atoms with Gasteiger partial charge in [0.15, 0.2) is 0 Å². The number of hydrogen-bond donors (Lipinski definition) is 2. The number of carbonyl (C=O) groups is 2. The van der Waals surface area contributed by atoms with Gasteiger partial charge in [0, 0.05) is 13.1 Å². The normalized spacial score (nSPS) is 14.0. The number of benzene rings is 1. The van der Waals surface area contributed by atoms with Crippen LogP contribution in [0.4, 0.5) is 0 Å². The molecule has 1 aromatic carbocycles. The highest BCUT2D eigenvalue weighted by molar-refractivity contribution is 5.96. The van der Waals surface area contributed by atoms with Gasteiger partial charge in [-0.2, -0.15) is 0 Å². The van der Waals surface area contributed by atoms with E-state index >= 15 is 0 Å². The summed E-state index contributed by atoms with van der Waals surface area (Å²) in [7, 11) is 0. The van der Waals surface area contributed by atoms with Gasteiger partial charge < -0.3 is 10.6 Å². The number of amides is 2. The average Bonchev–Trinajstić information content (AvgIpc) is 2.55. The molecule has 0 radical (unpaired) electrons. The van der Waals surface area contributed by atoms with Crippen LogP contribution < -0.4 is 10.6 Å². The summed E-state index contributed by atoms with van der Waals surface area (Å²) in [6.45, 7) is 3.10. The molecule has 1 aliphatic rings. The van der Waals surface area contributed by atoms with Crippen LogP contribution in [0.2, 0.25) is 0 Å². The van der Waals surface area contributed by atoms with Crippen molar-refractivity contribution in [3.63, 3.8) is 0 Å². The Labute approximate surface area is 138 Å². The molecule has 0 atom stereocenters. The number of carbonyl (C=O) groups excluding carboxylic acids is 2. The molecular formula is C19H26N2O2. The van der Waals surface area contributed by atoms with Crippen LogP contribution in [0, 0.1) is 6.92 Å². The van der Waals surface area contributed by atoms with Gasteiger partial charge in [-0.05, 0) is 44.6 Å². The molecule has 1 aliphatic carbocycles. The number of aryl methyl sites for hydroxylation is 1. The second-order valence-electron chi connectivity index (χ2n) is 6.15.